The molecule has 0 radical (unpaired) electrons. The van der Waals surface area contributed by atoms with Crippen LogP contribution in [-0.2, 0) is 14.3 Å². The van der Waals surface area contributed by atoms with E-state index < -0.39 is 18.2 Å². The molecule has 0 saturated carbocycles. The van der Waals surface area contributed by atoms with E-state index >= 15 is 0 Å². The average molecular weight is 947 g/mol. The number of aliphatic hydroxyl groups excluding tert-OH is 2. The van der Waals surface area contributed by atoms with Crippen molar-refractivity contribution in [3.05, 3.63) is 12.2 Å². The summed E-state index contributed by atoms with van der Waals surface area (Å²) in [7, 11) is 0. The molecular formula is C61H119NO5. The fourth-order valence-electron chi connectivity index (χ4n) is 9.72. The number of esters is 1. The van der Waals surface area contributed by atoms with Gasteiger partial charge in [-0.15, -0.1) is 0 Å². The predicted molar refractivity (Wildman–Crippen MR) is 292 cm³/mol. The number of allylic oxidation sites excluding steroid dienone is 2. The quantitative estimate of drug-likeness (QED) is 0.0321. The van der Waals surface area contributed by atoms with Crippen LogP contribution in [0.1, 0.15) is 342 Å². The van der Waals surface area contributed by atoms with Crippen molar-refractivity contribution in [1.29, 1.82) is 0 Å². The first kappa shape index (κ1) is 65.6. The topological polar surface area (TPSA) is 95.9 Å². The summed E-state index contributed by atoms with van der Waals surface area (Å²) in [6, 6.07) is -0.698. The molecule has 1 amide bonds. The van der Waals surface area contributed by atoms with E-state index in [1.165, 1.54) is 244 Å². The molecule has 6 nitrogen and oxygen atoms in total. The van der Waals surface area contributed by atoms with Gasteiger partial charge in [0.25, 0.3) is 0 Å². The molecule has 6 heteroatoms. The first-order valence-corrected chi connectivity index (χ1v) is 30.4. The lowest BCUT2D eigenvalue weighted by atomic mass is 10.0. The molecule has 0 aromatic rings. The van der Waals surface area contributed by atoms with Crippen LogP contribution in [0.4, 0.5) is 0 Å². The van der Waals surface area contributed by atoms with Crippen LogP contribution in [0.3, 0.4) is 0 Å². The number of aliphatic hydroxyl groups is 2. The Balaban J connectivity index is 4.51. The Morgan fingerprint density at radius 1 is 0.418 bits per heavy atom. The highest BCUT2D eigenvalue weighted by Crippen LogP contribution is 2.19. The Morgan fingerprint density at radius 3 is 1.06 bits per heavy atom. The zero-order valence-corrected chi connectivity index (χ0v) is 45.6. The standard InChI is InChI=1S/C61H119NO5/c1-4-7-10-13-16-19-22-25-28-30-32-34-37-40-43-46-49-52-57(67-61(66)54-51-48-45-42-39-36-33-29-26-23-20-17-14-11-8-5-2)55-60(65)62-58(56-63)59(64)53-50-47-44-41-38-35-31-27-24-21-18-15-12-9-6-3/h29,33,57-59,63-64H,4-28,30-32,34-56H2,1-3H3,(H,62,65)/b33-29+. The van der Waals surface area contributed by atoms with Gasteiger partial charge in [-0.2, -0.15) is 0 Å². The third-order valence-corrected chi connectivity index (χ3v) is 14.3. The van der Waals surface area contributed by atoms with Crippen molar-refractivity contribution in [3.63, 3.8) is 0 Å². The zero-order chi connectivity index (χ0) is 48.8. The van der Waals surface area contributed by atoms with E-state index in [0.717, 1.165) is 51.4 Å². The number of carbonyl (C=O) groups excluding carboxylic acids is 2. The molecule has 3 unspecified atom stereocenters. The molecule has 0 heterocycles. The lowest BCUT2D eigenvalue weighted by Crippen LogP contribution is -2.46. The van der Waals surface area contributed by atoms with Crippen LogP contribution in [0.2, 0.25) is 0 Å². The number of ether oxygens (including phenoxy) is 1. The van der Waals surface area contributed by atoms with Crippen LogP contribution < -0.4 is 5.32 Å². The van der Waals surface area contributed by atoms with E-state index in [0.29, 0.717) is 19.3 Å². The van der Waals surface area contributed by atoms with Crippen molar-refractivity contribution in [1.82, 2.24) is 5.32 Å². The lowest BCUT2D eigenvalue weighted by Gasteiger charge is -2.24. The number of carbonyl (C=O) groups is 2. The average Bonchev–Trinajstić information content (AvgIpc) is 3.32. The summed E-state index contributed by atoms with van der Waals surface area (Å²) in [5.41, 5.74) is 0. The van der Waals surface area contributed by atoms with Crippen molar-refractivity contribution in [2.75, 3.05) is 6.61 Å². The Hall–Kier alpha value is -1.40. The molecule has 0 aliphatic carbocycles. The maximum Gasteiger partial charge on any atom is 0.306 e. The second kappa shape index (κ2) is 55.5. The summed E-state index contributed by atoms with van der Waals surface area (Å²) in [6.07, 6.45) is 64.2. The molecule has 0 bridgehead atoms. The van der Waals surface area contributed by atoms with Crippen LogP contribution in [0.25, 0.3) is 0 Å². The van der Waals surface area contributed by atoms with Gasteiger partial charge in [-0.05, 0) is 51.4 Å². The number of hydrogen-bond donors (Lipinski definition) is 3. The second-order valence-corrected chi connectivity index (χ2v) is 21.1. The summed E-state index contributed by atoms with van der Waals surface area (Å²) in [5.74, 6) is -0.458. The highest BCUT2D eigenvalue weighted by molar-refractivity contribution is 5.77. The minimum Gasteiger partial charge on any atom is -0.462 e. The molecule has 3 atom stereocenters. The number of unbranched alkanes of at least 4 members (excludes halogenated alkanes) is 42. The smallest absolute Gasteiger partial charge is 0.306 e. The van der Waals surface area contributed by atoms with E-state index in [1.54, 1.807) is 0 Å². The van der Waals surface area contributed by atoms with Gasteiger partial charge in [0.2, 0.25) is 5.91 Å². The minimum atomic E-state index is -0.784. The predicted octanol–water partition coefficient (Wildman–Crippen LogP) is 18.9. The van der Waals surface area contributed by atoms with Gasteiger partial charge in [-0.25, -0.2) is 0 Å². The van der Waals surface area contributed by atoms with Gasteiger partial charge >= 0.3 is 5.97 Å². The lowest BCUT2D eigenvalue weighted by molar-refractivity contribution is -0.151. The van der Waals surface area contributed by atoms with E-state index in [1.807, 2.05) is 0 Å². The minimum absolute atomic E-state index is 0.0826. The molecule has 0 fully saturated rings. The van der Waals surface area contributed by atoms with Crippen LogP contribution in [0.5, 0.6) is 0 Å². The maximum atomic E-state index is 13.3. The molecule has 0 spiro atoms. The third-order valence-electron chi connectivity index (χ3n) is 14.3. The van der Waals surface area contributed by atoms with Gasteiger partial charge in [-0.3, -0.25) is 9.59 Å². The number of amides is 1. The number of nitrogens with one attached hydrogen (secondary N) is 1. The maximum absolute atomic E-state index is 13.3. The zero-order valence-electron chi connectivity index (χ0n) is 45.6. The molecule has 3 N–H and O–H groups in total. The fourth-order valence-corrected chi connectivity index (χ4v) is 9.72. The SMILES string of the molecule is CCCCCCCCC/C=C/CCCCCCCC(=O)OC(CCCCCCCCCCCCCCCCCCC)CC(=O)NC(CO)C(O)CCCCCCCCCCCCCCCCC. The molecule has 67 heavy (non-hydrogen) atoms. The summed E-state index contributed by atoms with van der Waals surface area (Å²) < 4.78 is 5.98. The molecule has 0 aliphatic heterocycles. The normalized spacial score (nSPS) is 13.1. The number of hydrogen-bond acceptors (Lipinski definition) is 5. The molecule has 0 aromatic heterocycles. The Kier molecular flexibility index (Phi) is 54.4. The van der Waals surface area contributed by atoms with Crippen LogP contribution in [-0.4, -0.2) is 46.9 Å². The van der Waals surface area contributed by atoms with Crippen molar-refractivity contribution in [2.24, 2.45) is 0 Å². The van der Waals surface area contributed by atoms with Gasteiger partial charge in [0.05, 0.1) is 25.2 Å². The van der Waals surface area contributed by atoms with Crippen LogP contribution in [0.15, 0.2) is 12.2 Å². The Labute approximate surface area is 419 Å². The van der Waals surface area contributed by atoms with Crippen LogP contribution >= 0.6 is 0 Å². The van der Waals surface area contributed by atoms with Crippen molar-refractivity contribution in [2.45, 2.75) is 360 Å². The van der Waals surface area contributed by atoms with Gasteiger partial charge in [-0.1, -0.05) is 290 Å². The van der Waals surface area contributed by atoms with E-state index in [4.69, 9.17) is 4.74 Å². The summed E-state index contributed by atoms with van der Waals surface area (Å²) >= 11 is 0. The summed E-state index contributed by atoms with van der Waals surface area (Å²) in [5, 5.41) is 23.9. The van der Waals surface area contributed by atoms with Gasteiger partial charge in [0.1, 0.15) is 6.10 Å². The van der Waals surface area contributed by atoms with Gasteiger partial charge < -0.3 is 20.3 Å². The number of rotatable bonds is 56. The first-order chi connectivity index (χ1) is 33.0. The molecule has 398 valence electrons. The molecule has 0 saturated heterocycles. The summed E-state index contributed by atoms with van der Waals surface area (Å²) in [4.78, 5) is 26.3. The third kappa shape index (κ3) is 50.8. The molecule has 0 aliphatic rings. The Morgan fingerprint density at radius 2 is 0.716 bits per heavy atom. The van der Waals surface area contributed by atoms with Gasteiger partial charge in [0.15, 0.2) is 0 Å². The largest absolute Gasteiger partial charge is 0.462 e. The van der Waals surface area contributed by atoms with Gasteiger partial charge in [0, 0.05) is 6.42 Å². The monoisotopic (exact) mass is 946 g/mol. The van der Waals surface area contributed by atoms with Crippen molar-refractivity contribution >= 4 is 11.9 Å². The van der Waals surface area contributed by atoms with Crippen molar-refractivity contribution in [3.8, 4) is 0 Å². The van der Waals surface area contributed by atoms with E-state index in [-0.39, 0.29) is 24.9 Å². The highest BCUT2D eigenvalue weighted by atomic mass is 16.5. The van der Waals surface area contributed by atoms with E-state index in [9.17, 15) is 19.8 Å². The fraction of sp³-hybridized carbons (Fsp3) is 0.934. The molecular weight excluding hydrogens is 827 g/mol. The molecule has 0 rings (SSSR count). The van der Waals surface area contributed by atoms with Crippen molar-refractivity contribution < 1.29 is 24.5 Å². The molecule has 0 aromatic carbocycles. The Bertz CT molecular complexity index is 1020. The first-order valence-electron chi connectivity index (χ1n) is 30.4. The van der Waals surface area contributed by atoms with Crippen LogP contribution in [0, 0.1) is 0 Å². The highest BCUT2D eigenvalue weighted by Gasteiger charge is 2.24. The second-order valence-electron chi connectivity index (χ2n) is 21.1. The van der Waals surface area contributed by atoms with E-state index in [2.05, 4.69) is 38.2 Å². The summed E-state index contributed by atoms with van der Waals surface area (Å²) in [6.45, 7) is 6.54.